The summed E-state index contributed by atoms with van der Waals surface area (Å²) in [5.41, 5.74) is 1.05. The second kappa shape index (κ2) is 8.38. The van der Waals surface area contributed by atoms with Gasteiger partial charge in [0.2, 0.25) is 5.91 Å². The summed E-state index contributed by atoms with van der Waals surface area (Å²) < 4.78 is 15.4. The van der Waals surface area contributed by atoms with Crippen molar-refractivity contribution >= 4 is 5.91 Å². The molecule has 2 aromatic heterocycles. The van der Waals surface area contributed by atoms with Gasteiger partial charge in [0.15, 0.2) is 0 Å². The van der Waals surface area contributed by atoms with Crippen molar-refractivity contribution in [1.29, 1.82) is 0 Å². The predicted molar refractivity (Wildman–Crippen MR) is 100 cm³/mol. The van der Waals surface area contributed by atoms with Gasteiger partial charge in [-0.1, -0.05) is 0 Å². The Balaban J connectivity index is 1.58. The molecule has 0 unspecified atom stereocenters. The first kappa shape index (κ1) is 19.2. The van der Waals surface area contributed by atoms with E-state index >= 15 is 0 Å². The molecule has 2 heterocycles. The standard InChI is InChI=1S/C19H18FN5O3/c1-13-2-7-18(27)25(23-13)11-17(26)21-8-9-24-12-22-16(10-19(24)28)14-3-5-15(20)6-4-14/h2-7,10,12H,8-9,11H2,1H3,(H,21,26). The molecule has 3 aromatic rings. The maximum absolute atomic E-state index is 13.0. The van der Waals surface area contributed by atoms with Gasteiger partial charge in [-0.2, -0.15) is 5.10 Å². The van der Waals surface area contributed by atoms with Crippen LogP contribution in [0, 0.1) is 12.7 Å². The van der Waals surface area contributed by atoms with E-state index in [4.69, 9.17) is 0 Å². The zero-order chi connectivity index (χ0) is 20.1. The summed E-state index contributed by atoms with van der Waals surface area (Å²) in [6.45, 7) is 1.94. The third kappa shape index (κ3) is 4.76. The summed E-state index contributed by atoms with van der Waals surface area (Å²) in [7, 11) is 0. The molecule has 9 heteroatoms. The molecule has 0 aliphatic carbocycles. The Morgan fingerprint density at radius 2 is 1.86 bits per heavy atom. The smallest absolute Gasteiger partial charge is 0.267 e. The summed E-state index contributed by atoms with van der Waals surface area (Å²) in [5.74, 6) is -0.750. The molecule has 8 nitrogen and oxygen atoms in total. The van der Waals surface area contributed by atoms with Gasteiger partial charge in [0.25, 0.3) is 11.1 Å². The molecule has 0 fully saturated rings. The monoisotopic (exact) mass is 383 g/mol. The van der Waals surface area contributed by atoms with Gasteiger partial charge in [0, 0.05) is 30.8 Å². The van der Waals surface area contributed by atoms with Crippen molar-refractivity contribution < 1.29 is 9.18 Å². The summed E-state index contributed by atoms with van der Waals surface area (Å²) in [6, 6.07) is 9.96. The molecular formula is C19H18FN5O3. The Hall–Kier alpha value is -3.62. The number of amides is 1. The van der Waals surface area contributed by atoms with Crippen molar-refractivity contribution in [3.8, 4) is 11.3 Å². The fourth-order valence-electron chi connectivity index (χ4n) is 2.54. The molecule has 0 bridgehead atoms. The number of carbonyl (C=O) groups excluding carboxylic acids is 1. The van der Waals surface area contributed by atoms with Crippen molar-refractivity contribution in [1.82, 2.24) is 24.6 Å². The number of aromatic nitrogens is 4. The first-order valence-electron chi connectivity index (χ1n) is 8.56. The Labute approximate surface area is 159 Å². The number of rotatable bonds is 6. The molecule has 0 atom stereocenters. The molecule has 3 rings (SSSR count). The van der Waals surface area contributed by atoms with Gasteiger partial charge < -0.3 is 5.32 Å². The minimum absolute atomic E-state index is 0.191. The van der Waals surface area contributed by atoms with E-state index in [1.54, 1.807) is 25.1 Å². The number of hydrogen-bond donors (Lipinski definition) is 1. The Bertz CT molecular complexity index is 1110. The highest BCUT2D eigenvalue weighted by Gasteiger charge is 2.07. The van der Waals surface area contributed by atoms with Crippen molar-refractivity contribution in [2.45, 2.75) is 20.0 Å². The van der Waals surface area contributed by atoms with Crippen LogP contribution in [-0.2, 0) is 17.9 Å². The van der Waals surface area contributed by atoms with Gasteiger partial charge in [-0.15, -0.1) is 0 Å². The second-order valence-electron chi connectivity index (χ2n) is 6.13. The number of nitrogens with zero attached hydrogens (tertiary/aromatic N) is 4. The summed E-state index contributed by atoms with van der Waals surface area (Å²) in [4.78, 5) is 40.0. The number of aryl methyl sites for hydroxylation is 1. The quantitative estimate of drug-likeness (QED) is 0.677. The third-order valence-electron chi connectivity index (χ3n) is 3.99. The van der Waals surface area contributed by atoms with Crippen LogP contribution in [0.15, 0.2) is 58.4 Å². The number of benzene rings is 1. The summed E-state index contributed by atoms with van der Waals surface area (Å²) >= 11 is 0. The van der Waals surface area contributed by atoms with Crippen LogP contribution in [0.2, 0.25) is 0 Å². The predicted octanol–water partition coefficient (Wildman–Crippen LogP) is 0.731. The lowest BCUT2D eigenvalue weighted by Gasteiger charge is -2.09. The minimum Gasteiger partial charge on any atom is -0.353 e. The number of halogens is 1. The lowest BCUT2D eigenvalue weighted by atomic mass is 10.1. The van der Waals surface area contributed by atoms with Gasteiger partial charge >= 0.3 is 0 Å². The van der Waals surface area contributed by atoms with Crippen molar-refractivity contribution in [2.75, 3.05) is 6.54 Å². The molecule has 0 saturated heterocycles. The van der Waals surface area contributed by atoms with Crippen molar-refractivity contribution in [2.24, 2.45) is 0 Å². The molecule has 0 saturated carbocycles. The molecule has 1 N–H and O–H groups in total. The molecule has 0 spiro atoms. The summed E-state index contributed by atoms with van der Waals surface area (Å²) in [5, 5.41) is 6.63. The molecule has 28 heavy (non-hydrogen) atoms. The fourth-order valence-corrected chi connectivity index (χ4v) is 2.54. The Morgan fingerprint density at radius 1 is 1.11 bits per heavy atom. The molecular weight excluding hydrogens is 365 g/mol. The number of carbonyl (C=O) groups is 1. The molecule has 0 radical (unpaired) electrons. The zero-order valence-corrected chi connectivity index (χ0v) is 15.1. The second-order valence-corrected chi connectivity index (χ2v) is 6.13. The van der Waals surface area contributed by atoms with Gasteiger partial charge in [-0.25, -0.2) is 14.1 Å². The van der Waals surface area contributed by atoms with Gasteiger partial charge in [0.1, 0.15) is 12.4 Å². The SMILES string of the molecule is Cc1ccc(=O)n(CC(=O)NCCn2cnc(-c3ccc(F)cc3)cc2=O)n1. The highest BCUT2D eigenvalue weighted by atomic mass is 19.1. The third-order valence-corrected chi connectivity index (χ3v) is 3.99. The van der Waals surface area contributed by atoms with E-state index in [0.29, 0.717) is 17.0 Å². The Kier molecular flexibility index (Phi) is 5.73. The topological polar surface area (TPSA) is 98.9 Å². The van der Waals surface area contributed by atoms with E-state index in [0.717, 1.165) is 4.68 Å². The normalized spacial score (nSPS) is 10.6. The fraction of sp³-hybridized carbons (Fsp3) is 0.211. The van der Waals surface area contributed by atoms with Gasteiger partial charge in [-0.3, -0.25) is 19.0 Å². The van der Waals surface area contributed by atoms with E-state index in [1.165, 1.54) is 35.2 Å². The van der Waals surface area contributed by atoms with E-state index in [-0.39, 0.29) is 42.5 Å². The maximum Gasteiger partial charge on any atom is 0.267 e. The average Bonchev–Trinajstić information content (AvgIpc) is 2.66. The molecule has 0 aliphatic heterocycles. The molecule has 1 aromatic carbocycles. The van der Waals surface area contributed by atoms with Gasteiger partial charge in [0.05, 0.1) is 17.7 Å². The van der Waals surface area contributed by atoms with Crippen LogP contribution >= 0.6 is 0 Å². The average molecular weight is 383 g/mol. The first-order valence-corrected chi connectivity index (χ1v) is 8.56. The number of hydrogen-bond acceptors (Lipinski definition) is 5. The van der Waals surface area contributed by atoms with Crippen LogP contribution < -0.4 is 16.4 Å². The van der Waals surface area contributed by atoms with E-state index in [2.05, 4.69) is 15.4 Å². The molecule has 0 aliphatic rings. The van der Waals surface area contributed by atoms with Crippen LogP contribution in [0.5, 0.6) is 0 Å². The van der Waals surface area contributed by atoms with Crippen LogP contribution in [0.1, 0.15) is 5.69 Å². The largest absolute Gasteiger partial charge is 0.353 e. The van der Waals surface area contributed by atoms with E-state index in [9.17, 15) is 18.8 Å². The Morgan fingerprint density at radius 3 is 2.57 bits per heavy atom. The highest BCUT2D eigenvalue weighted by Crippen LogP contribution is 2.14. The van der Waals surface area contributed by atoms with E-state index in [1.807, 2.05) is 0 Å². The minimum atomic E-state index is -0.385. The van der Waals surface area contributed by atoms with Crippen molar-refractivity contribution in [3.63, 3.8) is 0 Å². The zero-order valence-electron chi connectivity index (χ0n) is 15.1. The molecule has 144 valence electrons. The summed E-state index contributed by atoms with van der Waals surface area (Å²) in [6.07, 6.45) is 1.37. The lowest BCUT2D eigenvalue weighted by Crippen LogP contribution is -2.36. The van der Waals surface area contributed by atoms with E-state index < -0.39 is 0 Å². The lowest BCUT2D eigenvalue weighted by molar-refractivity contribution is -0.121. The first-order chi connectivity index (χ1) is 13.4. The number of nitrogens with one attached hydrogen (secondary N) is 1. The maximum atomic E-state index is 13.0. The highest BCUT2D eigenvalue weighted by molar-refractivity contribution is 5.75. The van der Waals surface area contributed by atoms with Crippen LogP contribution in [0.4, 0.5) is 4.39 Å². The van der Waals surface area contributed by atoms with Gasteiger partial charge in [-0.05, 0) is 37.3 Å². The van der Waals surface area contributed by atoms with Crippen molar-refractivity contribution in [3.05, 3.63) is 81.0 Å². The van der Waals surface area contributed by atoms with Crippen LogP contribution in [-0.4, -0.2) is 31.8 Å². The van der Waals surface area contributed by atoms with Crippen LogP contribution in [0.3, 0.4) is 0 Å². The molecule has 1 amide bonds. The van der Waals surface area contributed by atoms with Crippen LogP contribution in [0.25, 0.3) is 11.3 Å².